The predicted molar refractivity (Wildman–Crippen MR) is 187 cm³/mol. The van der Waals surface area contributed by atoms with Gasteiger partial charge in [0.1, 0.15) is 23.0 Å². The molecule has 10 heteroatoms. The highest BCUT2D eigenvalue weighted by atomic mass is 16.5. The number of pyridine rings is 1. The molecule has 0 aliphatic carbocycles. The van der Waals surface area contributed by atoms with Gasteiger partial charge in [-0.3, -0.25) is 9.78 Å². The maximum Gasteiger partial charge on any atom is 0.323 e. The zero-order valence-corrected chi connectivity index (χ0v) is 27.7. The number of nitrogens with two attached hydrogens (primary N) is 1. The van der Waals surface area contributed by atoms with Gasteiger partial charge in [0.15, 0.2) is 0 Å². The fourth-order valence-corrected chi connectivity index (χ4v) is 5.51. The van der Waals surface area contributed by atoms with E-state index in [2.05, 4.69) is 15.6 Å². The number of carbonyl (C=O) groups excluding carboxylic acids is 2. The summed E-state index contributed by atoms with van der Waals surface area (Å²) in [6.07, 6.45) is 2.19. The number of nitrogens with one attached hydrogen (secondary N) is 2. The van der Waals surface area contributed by atoms with E-state index >= 15 is 0 Å². The number of primary amides is 1. The molecular weight excluding hydrogens is 608 g/mol. The van der Waals surface area contributed by atoms with Crippen LogP contribution in [0.2, 0.25) is 0 Å². The third-order valence-corrected chi connectivity index (χ3v) is 7.83. The number of benzene rings is 4. The van der Waals surface area contributed by atoms with E-state index < -0.39 is 11.9 Å². The molecule has 1 heterocycles. The number of aliphatic hydroxyl groups is 1. The van der Waals surface area contributed by atoms with Crippen LogP contribution in [-0.4, -0.2) is 36.2 Å². The second kappa shape index (κ2) is 14.4. The van der Waals surface area contributed by atoms with Gasteiger partial charge < -0.3 is 35.7 Å². The summed E-state index contributed by atoms with van der Waals surface area (Å²) in [6.45, 7) is 6.05. The van der Waals surface area contributed by atoms with Crippen molar-refractivity contribution in [3.8, 4) is 23.0 Å². The lowest BCUT2D eigenvalue weighted by atomic mass is 9.85. The van der Waals surface area contributed by atoms with Crippen LogP contribution in [0, 0.1) is 0 Å². The molecule has 0 aliphatic rings. The Kier molecular flexibility index (Phi) is 10.1. The van der Waals surface area contributed by atoms with Gasteiger partial charge >= 0.3 is 6.03 Å². The van der Waals surface area contributed by atoms with E-state index in [1.807, 2.05) is 75.4 Å². The van der Waals surface area contributed by atoms with Gasteiger partial charge in [0.05, 0.1) is 38.6 Å². The van der Waals surface area contributed by atoms with E-state index in [1.54, 1.807) is 37.6 Å². The summed E-state index contributed by atoms with van der Waals surface area (Å²) >= 11 is 0. The molecule has 48 heavy (non-hydrogen) atoms. The predicted octanol–water partition coefficient (Wildman–Crippen LogP) is 7.10. The van der Waals surface area contributed by atoms with Crippen LogP contribution in [-0.2, 0) is 29.7 Å². The number of aromatic nitrogens is 1. The Hall–Kier alpha value is -5.61. The third-order valence-electron chi connectivity index (χ3n) is 7.83. The molecule has 248 valence electrons. The summed E-state index contributed by atoms with van der Waals surface area (Å²) in [5, 5.41) is 17.1. The normalized spacial score (nSPS) is 11.2. The van der Waals surface area contributed by atoms with Gasteiger partial charge in [-0.2, -0.15) is 0 Å². The first-order valence-electron chi connectivity index (χ1n) is 15.5. The molecule has 0 unspecified atom stereocenters. The van der Waals surface area contributed by atoms with E-state index in [1.165, 1.54) is 7.11 Å². The largest absolute Gasteiger partial charge is 0.497 e. The fraction of sp³-hybridized carbons (Fsp3) is 0.237. The summed E-state index contributed by atoms with van der Waals surface area (Å²) in [6, 6.07) is 23.8. The molecular formula is C38H40N4O6. The molecule has 5 aromatic rings. The van der Waals surface area contributed by atoms with Crippen molar-refractivity contribution >= 4 is 34.1 Å². The Balaban J connectivity index is 1.38. The van der Waals surface area contributed by atoms with Crippen LogP contribution in [0.4, 0.5) is 16.2 Å². The number of urea groups is 1. The molecule has 0 bridgehead atoms. The first-order valence-corrected chi connectivity index (χ1v) is 15.5. The Morgan fingerprint density at radius 3 is 2.25 bits per heavy atom. The third kappa shape index (κ3) is 8.02. The standard InChI is InChI=1S/C38H40N4O6/c1-38(2,3)26-18-25(19-35(39)44)36(47-5)33(20-26)42-37(45)41-32-10-11-34(31-9-7-6-8-30(31)32)48-28-12-13-40-27(21-28)15-23-14-24(22-43)17-29(16-23)46-4/h6-14,16-18,20-21,43H,15,19,22H2,1-5H3,(H2,39,44)(H2,41,42,45). The van der Waals surface area contributed by atoms with Gasteiger partial charge in [-0.1, -0.05) is 57.2 Å². The van der Waals surface area contributed by atoms with Crippen molar-refractivity contribution in [3.05, 3.63) is 113 Å². The minimum Gasteiger partial charge on any atom is -0.497 e. The highest BCUT2D eigenvalue weighted by molar-refractivity contribution is 6.08. The van der Waals surface area contributed by atoms with E-state index in [9.17, 15) is 14.7 Å². The van der Waals surface area contributed by atoms with Gasteiger partial charge in [0, 0.05) is 40.7 Å². The van der Waals surface area contributed by atoms with E-state index in [4.69, 9.17) is 19.9 Å². The molecule has 4 aromatic carbocycles. The molecule has 0 saturated heterocycles. The maximum atomic E-state index is 13.4. The molecule has 5 rings (SSSR count). The Morgan fingerprint density at radius 2 is 1.56 bits per heavy atom. The second-order valence-electron chi connectivity index (χ2n) is 12.5. The van der Waals surface area contributed by atoms with Crippen LogP contribution in [0.5, 0.6) is 23.0 Å². The summed E-state index contributed by atoms with van der Waals surface area (Å²) in [5.41, 5.74) is 10.3. The lowest BCUT2D eigenvalue weighted by Crippen LogP contribution is -2.22. The molecule has 3 amide bonds. The number of hydrogen-bond acceptors (Lipinski definition) is 7. The number of rotatable bonds is 11. The Morgan fingerprint density at radius 1 is 0.833 bits per heavy atom. The molecule has 0 saturated carbocycles. The summed E-state index contributed by atoms with van der Waals surface area (Å²) in [7, 11) is 3.08. The van der Waals surface area contributed by atoms with Crippen LogP contribution < -0.4 is 30.6 Å². The summed E-state index contributed by atoms with van der Waals surface area (Å²) in [4.78, 5) is 29.7. The average Bonchev–Trinajstić information content (AvgIpc) is 3.05. The molecule has 0 aliphatic heterocycles. The highest BCUT2D eigenvalue weighted by Gasteiger charge is 2.22. The number of anilines is 2. The number of aliphatic hydroxyl groups excluding tert-OH is 1. The smallest absolute Gasteiger partial charge is 0.323 e. The highest BCUT2D eigenvalue weighted by Crippen LogP contribution is 2.37. The molecule has 0 radical (unpaired) electrons. The van der Waals surface area contributed by atoms with Crippen molar-refractivity contribution < 1.29 is 28.9 Å². The fourth-order valence-electron chi connectivity index (χ4n) is 5.51. The SMILES string of the molecule is COc1cc(CO)cc(Cc2cc(Oc3ccc(NC(=O)Nc4cc(C(C)(C)C)cc(CC(N)=O)c4OC)c4ccccc34)ccn2)c1. The van der Waals surface area contributed by atoms with Crippen molar-refractivity contribution in [2.24, 2.45) is 5.73 Å². The van der Waals surface area contributed by atoms with Crippen molar-refractivity contribution in [2.45, 2.75) is 45.6 Å². The molecule has 0 fully saturated rings. The van der Waals surface area contributed by atoms with E-state index in [-0.39, 0.29) is 18.4 Å². The molecule has 10 nitrogen and oxygen atoms in total. The lowest BCUT2D eigenvalue weighted by molar-refractivity contribution is -0.117. The molecule has 0 atom stereocenters. The second-order valence-corrected chi connectivity index (χ2v) is 12.5. The minimum atomic E-state index is -0.500. The zero-order chi connectivity index (χ0) is 34.4. The first kappa shape index (κ1) is 33.7. The number of ether oxygens (including phenoxy) is 3. The van der Waals surface area contributed by atoms with Crippen LogP contribution in [0.15, 0.2) is 85.1 Å². The first-order chi connectivity index (χ1) is 23.0. The van der Waals surface area contributed by atoms with Gasteiger partial charge in [-0.05, 0) is 58.5 Å². The molecule has 5 N–H and O–H groups in total. The summed E-state index contributed by atoms with van der Waals surface area (Å²) in [5.74, 6) is 1.76. The van der Waals surface area contributed by atoms with E-state index in [0.29, 0.717) is 46.4 Å². The molecule has 0 spiro atoms. The Labute approximate surface area is 279 Å². The van der Waals surface area contributed by atoms with Gasteiger partial charge in [0.25, 0.3) is 0 Å². The number of nitrogens with zero attached hydrogens (tertiary/aromatic N) is 1. The number of methoxy groups -OCH3 is 2. The quantitative estimate of drug-likeness (QED) is 0.120. The van der Waals surface area contributed by atoms with Gasteiger partial charge in [-0.25, -0.2) is 4.79 Å². The maximum absolute atomic E-state index is 13.4. The summed E-state index contributed by atoms with van der Waals surface area (Å²) < 4.78 is 17.3. The van der Waals surface area contributed by atoms with Gasteiger partial charge in [0.2, 0.25) is 5.91 Å². The van der Waals surface area contributed by atoms with Crippen LogP contribution >= 0.6 is 0 Å². The monoisotopic (exact) mass is 648 g/mol. The van der Waals surface area contributed by atoms with Crippen LogP contribution in [0.3, 0.4) is 0 Å². The average molecular weight is 649 g/mol. The van der Waals surface area contributed by atoms with Crippen molar-refractivity contribution in [1.29, 1.82) is 0 Å². The number of carbonyl (C=O) groups is 2. The molecule has 1 aromatic heterocycles. The Bertz CT molecular complexity index is 1950. The van der Waals surface area contributed by atoms with E-state index in [0.717, 1.165) is 33.2 Å². The zero-order valence-electron chi connectivity index (χ0n) is 27.7. The van der Waals surface area contributed by atoms with Crippen LogP contribution in [0.25, 0.3) is 10.8 Å². The number of hydrogen-bond donors (Lipinski definition) is 4. The lowest BCUT2D eigenvalue weighted by Gasteiger charge is -2.23. The topological polar surface area (TPSA) is 145 Å². The number of fused-ring (bicyclic) bond motifs is 1. The van der Waals surface area contributed by atoms with Crippen molar-refractivity contribution in [1.82, 2.24) is 4.98 Å². The minimum absolute atomic E-state index is 0.0277. The van der Waals surface area contributed by atoms with Gasteiger partial charge in [-0.15, -0.1) is 0 Å². The number of amides is 3. The van der Waals surface area contributed by atoms with Crippen LogP contribution in [0.1, 0.15) is 48.7 Å². The van der Waals surface area contributed by atoms with Crippen molar-refractivity contribution in [2.75, 3.05) is 24.9 Å². The van der Waals surface area contributed by atoms with Crippen molar-refractivity contribution in [3.63, 3.8) is 0 Å².